The quantitative estimate of drug-likeness (QED) is 0.710. The molecule has 0 aliphatic carbocycles. The molecule has 1 fully saturated rings. The van der Waals surface area contributed by atoms with Crippen LogP contribution in [0.4, 0.5) is 10.8 Å². The fourth-order valence-electron chi connectivity index (χ4n) is 3.09. The van der Waals surface area contributed by atoms with Gasteiger partial charge in [-0.05, 0) is 55.3 Å². The summed E-state index contributed by atoms with van der Waals surface area (Å²) in [4.78, 5) is 19.0. The van der Waals surface area contributed by atoms with Crippen molar-refractivity contribution in [2.75, 3.05) is 43.1 Å². The Morgan fingerprint density at radius 2 is 2.00 bits per heavy atom. The number of aromatic nitrogens is 1. The predicted molar refractivity (Wildman–Crippen MR) is 113 cm³/mol. The van der Waals surface area contributed by atoms with Crippen LogP contribution in [0.3, 0.4) is 0 Å². The molecule has 1 amide bonds. The second kappa shape index (κ2) is 8.16. The smallest absolute Gasteiger partial charge is 0.264 e. The second-order valence-corrected chi connectivity index (χ2v) is 7.88. The maximum absolute atomic E-state index is 12.2. The molecule has 0 radical (unpaired) electrons. The average Bonchev–Trinajstić information content (AvgIpc) is 3.11. The highest BCUT2D eigenvalue weighted by molar-refractivity contribution is 7.22. The second-order valence-electron chi connectivity index (χ2n) is 6.85. The average molecular weight is 398 g/mol. The minimum absolute atomic E-state index is 0.0442. The van der Waals surface area contributed by atoms with Crippen LogP contribution in [-0.2, 0) is 9.53 Å². The molecule has 28 heavy (non-hydrogen) atoms. The van der Waals surface area contributed by atoms with Gasteiger partial charge in [-0.1, -0.05) is 17.4 Å². The van der Waals surface area contributed by atoms with Crippen LogP contribution in [-0.4, -0.2) is 43.8 Å². The lowest BCUT2D eigenvalue weighted by molar-refractivity contribution is -0.118. The molecule has 0 saturated carbocycles. The van der Waals surface area contributed by atoms with E-state index in [1.165, 1.54) is 16.9 Å². The van der Waals surface area contributed by atoms with Crippen LogP contribution in [0.5, 0.6) is 5.75 Å². The summed E-state index contributed by atoms with van der Waals surface area (Å²) in [5.74, 6) is 0.475. The van der Waals surface area contributed by atoms with Crippen LogP contribution >= 0.6 is 11.3 Å². The summed E-state index contributed by atoms with van der Waals surface area (Å²) < 4.78 is 12.1. The number of carbonyl (C=O) groups excluding carboxylic acids is 1. The van der Waals surface area contributed by atoms with Gasteiger partial charge in [0.25, 0.3) is 5.91 Å². The van der Waals surface area contributed by atoms with E-state index in [2.05, 4.69) is 27.3 Å². The number of carbonyl (C=O) groups is 1. The number of nitrogens with zero attached hydrogens (tertiary/aromatic N) is 2. The molecule has 1 aliphatic rings. The van der Waals surface area contributed by atoms with E-state index in [9.17, 15) is 4.79 Å². The molecule has 0 bridgehead atoms. The summed E-state index contributed by atoms with van der Waals surface area (Å²) >= 11 is 1.47. The SMILES string of the molecule is Cc1ccc(OCC(=O)Nc2nc3ccc(N4CCOCC4)cc3s2)cc1C. The summed E-state index contributed by atoms with van der Waals surface area (Å²) in [6.45, 7) is 7.31. The Hall–Kier alpha value is -2.64. The number of nitrogens with one attached hydrogen (secondary N) is 1. The van der Waals surface area contributed by atoms with Crippen molar-refractivity contribution in [3.8, 4) is 5.75 Å². The van der Waals surface area contributed by atoms with Gasteiger partial charge in [-0.15, -0.1) is 0 Å². The van der Waals surface area contributed by atoms with Crippen molar-refractivity contribution in [2.24, 2.45) is 0 Å². The number of rotatable bonds is 5. The molecule has 1 N–H and O–H groups in total. The minimum atomic E-state index is -0.217. The lowest BCUT2D eigenvalue weighted by Gasteiger charge is -2.28. The number of hydrogen-bond donors (Lipinski definition) is 1. The Labute approximate surface area is 168 Å². The number of morpholine rings is 1. The molecule has 1 aromatic heterocycles. The van der Waals surface area contributed by atoms with E-state index in [0.717, 1.165) is 47.8 Å². The van der Waals surface area contributed by atoms with Gasteiger partial charge in [0.15, 0.2) is 11.7 Å². The molecule has 2 heterocycles. The lowest BCUT2D eigenvalue weighted by atomic mass is 10.1. The third-order valence-electron chi connectivity index (χ3n) is 4.84. The molecule has 146 valence electrons. The Kier molecular flexibility index (Phi) is 5.45. The van der Waals surface area contributed by atoms with Crippen LogP contribution in [0, 0.1) is 13.8 Å². The molecule has 1 saturated heterocycles. The number of fused-ring (bicyclic) bond motifs is 1. The number of hydrogen-bond acceptors (Lipinski definition) is 6. The largest absolute Gasteiger partial charge is 0.484 e. The number of thiazole rings is 1. The van der Waals surface area contributed by atoms with Gasteiger partial charge in [0.05, 0.1) is 23.4 Å². The van der Waals surface area contributed by atoms with Crippen LogP contribution in [0.1, 0.15) is 11.1 Å². The number of aryl methyl sites for hydroxylation is 2. The van der Waals surface area contributed by atoms with Gasteiger partial charge >= 0.3 is 0 Å². The van der Waals surface area contributed by atoms with Gasteiger partial charge < -0.3 is 14.4 Å². The van der Waals surface area contributed by atoms with E-state index in [1.54, 1.807) is 0 Å². The van der Waals surface area contributed by atoms with Crippen LogP contribution in [0.25, 0.3) is 10.2 Å². The topological polar surface area (TPSA) is 63.7 Å². The zero-order valence-corrected chi connectivity index (χ0v) is 16.8. The molecule has 0 atom stereocenters. The van der Waals surface area contributed by atoms with Gasteiger partial charge in [-0.3, -0.25) is 10.1 Å². The molecule has 1 aliphatic heterocycles. The fraction of sp³-hybridized carbons (Fsp3) is 0.333. The summed E-state index contributed by atoms with van der Waals surface area (Å²) in [5, 5.41) is 3.42. The third kappa shape index (κ3) is 4.26. The predicted octanol–water partition coefficient (Wildman–Crippen LogP) is 3.77. The number of amides is 1. The van der Waals surface area contributed by atoms with Crippen molar-refractivity contribution in [2.45, 2.75) is 13.8 Å². The molecule has 2 aromatic carbocycles. The zero-order chi connectivity index (χ0) is 19.5. The summed E-state index contributed by atoms with van der Waals surface area (Å²) in [7, 11) is 0. The third-order valence-corrected chi connectivity index (χ3v) is 5.78. The molecule has 4 rings (SSSR count). The van der Waals surface area contributed by atoms with E-state index in [4.69, 9.17) is 9.47 Å². The molecular formula is C21H23N3O3S. The van der Waals surface area contributed by atoms with E-state index < -0.39 is 0 Å². The van der Waals surface area contributed by atoms with Gasteiger partial charge in [-0.2, -0.15) is 0 Å². The zero-order valence-electron chi connectivity index (χ0n) is 16.0. The standard InChI is InChI=1S/C21H23N3O3S/c1-14-3-5-17(11-15(14)2)27-13-20(25)23-21-22-18-6-4-16(12-19(18)28-21)24-7-9-26-10-8-24/h3-6,11-12H,7-10,13H2,1-2H3,(H,22,23,25). The highest BCUT2D eigenvalue weighted by atomic mass is 32.1. The van der Waals surface area contributed by atoms with Crippen LogP contribution < -0.4 is 15.0 Å². The first-order valence-electron chi connectivity index (χ1n) is 9.32. The van der Waals surface area contributed by atoms with E-state index in [1.807, 2.05) is 38.1 Å². The van der Waals surface area contributed by atoms with Crippen molar-refractivity contribution < 1.29 is 14.3 Å². The van der Waals surface area contributed by atoms with Gasteiger partial charge in [0.1, 0.15) is 5.75 Å². The van der Waals surface area contributed by atoms with Gasteiger partial charge in [0.2, 0.25) is 0 Å². The number of ether oxygens (including phenoxy) is 2. The molecule has 7 heteroatoms. The first kappa shape index (κ1) is 18.7. The Bertz CT molecular complexity index is 996. The summed E-state index contributed by atoms with van der Waals surface area (Å²) in [6.07, 6.45) is 0. The Morgan fingerprint density at radius 1 is 1.18 bits per heavy atom. The van der Waals surface area contributed by atoms with E-state index in [0.29, 0.717) is 10.9 Å². The van der Waals surface area contributed by atoms with Gasteiger partial charge in [0, 0.05) is 18.8 Å². The monoisotopic (exact) mass is 397 g/mol. The van der Waals surface area contributed by atoms with Crippen molar-refractivity contribution in [3.05, 3.63) is 47.5 Å². The molecule has 6 nitrogen and oxygen atoms in total. The molecule has 0 spiro atoms. The number of benzene rings is 2. The fourth-order valence-corrected chi connectivity index (χ4v) is 4.01. The highest BCUT2D eigenvalue weighted by Gasteiger charge is 2.14. The van der Waals surface area contributed by atoms with E-state index >= 15 is 0 Å². The first-order valence-corrected chi connectivity index (χ1v) is 10.1. The van der Waals surface area contributed by atoms with Crippen LogP contribution in [0.2, 0.25) is 0 Å². The Morgan fingerprint density at radius 3 is 2.79 bits per heavy atom. The highest BCUT2D eigenvalue weighted by Crippen LogP contribution is 2.30. The number of anilines is 2. The molecular weight excluding hydrogens is 374 g/mol. The maximum Gasteiger partial charge on any atom is 0.264 e. The normalized spacial score (nSPS) is 14.3. The summed E-state index contributed by atoms with van der Waals surface area (Å²) in [6, 6.07) is 12.0. The first-order chi connectivity index (χ1) is 13.6. The maximum atomic E-state index is 12.2. The molecule has 0 unspecified atom stereocenters. The Balaban J connectivity index is 1.39. The van der Waals surface area contributed by atoms with E-state index in [-0.39, 0.29) is 12.5 Å². The molecule has 3 aromatic rings. The summed E-state index contributed by atoms with van der Waals surface area (Å²) in [5.41, 5.74) is 4.38. The van der Waals surface area contributed by atoms with Crippen molar-refractivity contribution in [1.29, 1.82) is 0 Å². The van der Waals surface area contributed by atoms with Gasteiger partial charge in [-0.25, -0.2) is 4.98 Å². The van der Waals surface area contributed by atoms with Crippen molar-refractivity contribution in [3.63, 3.8) is 0 Å². The minimum Gasteiger partial charge on any atom is -0.484 e. The van der Waals surface area contributed by atoms with Crippen LogP contribution in [0.15, 0.2) is 36.4 Å². The van der Waals surface area contributed by atoms with Crippen molar-refractivity contribution >= 4 is 38.3 Å². The van der Waals surface area contributed by atoms with Crippen molar-refractivity contribution in [1.82, 2.24) is 4.98 Å². The lowest BCUT2D eigenvalue weighted by Crippen LogP contribution is -2.36.